The highest BCUT2D eigenvalue weighted by molar-refractivity contribution is 7.98. The van der Waals surface area contributed by atoms with E-state index in [0.717, 1.165) is 49.4 Å². The molecule has 3 heteroatoms. The summed E-state index contributed by atoms with van der Waals surface area (Å²) in [6, 6.07) is 41.6. The highest BCUT2D eigenvalue weighted by Gasteiger charge is 2.27. The molecule has 1 nitrogen and oxygen atoms in total. The van der Waals surface area contributed by atoms with Gasteiger partial charge in [-0.05, 0) is 51.8 Å². The Balaban J connectivity index is 2.05. The first-order valence-corrected chi connectivity index (χ1v) is 12.9. The molecule has 0 unspecified atom stereocenters. The Morgan fingerprint density at radius 1 is 0.543 bits per heavy atom. The minimum absolute atomic E-state index is 0.669. The van der Waals surface area contributed by atoms with Crippen LogP contribution >= 0.6 is 23.4 Å². The summed E-state index contributed by atoms with van der Waals surface area (Å²) in [5, 5.41) is 11.2. The molecule has 0 atom stereocenters. The summed E-state index contributed by atoms with van der Waals surface area (Å²) >= 11 is 7.87. The Hall–Kier alpha value is -3.77. The predicted octanol–water partition coefficient (Wildman–Crippen LogP) is 9.60. The molecule has 35 heavy (non-hydrogen) atoms. The van der Waals surface area contributed by atoms with Crippen LogP contribution in [0.25, 0.3) is 44.5 Å². The van der Waals surface area contributed by atoms with Crippen LogP contribution in [0.3, 0.4) is 0 Å². The van der Waals surface area contributed by atoms with Crippen molar-refractivity contribution in [2.24, 2.45) is 0 Å². The largest absolute Gasteiger partial charge is 0.192 e. The first kappa shape index (κ1) is 23.0. The van der Waals surface area contributed by atoms with Gasteiger partial charge in [0.25, 0.3) is 0 Å². The molecule has 0 bridgehead atoms. The third-order valence-electron chi connectivity index (χ3n) is 6.09. The molecule has 0 heterocycles. The van der Waals surface area contributed by atoms with Crippen molar-refractivity contribution in [3.05, 3.63) is 126 Å². The Morgan fingerprint density at radius 2 is 0.943 bits per heavy atom. The molecule has 0 saturated carbocycles. The fourth-order valence-electron chi connectivity index (χ4n) is 4.61. The molecule has 0 aliphatic carbocycles. The zero-order chi connectivity index (χ0) is 24.2. The molecule has 168 valence electrons. The van der Waals surface area contributed by atoms with Crippen LogP contribution in [0.15, 0.2) is 120 Å². The van der Waals surface area contributed by atoms with Crippen LogP contribution < -0.4 is 0 Å². The van der Waals surface area contributed by atoms with E-state index in [1.165, 1.54) is 0 Å². The number of hydrogen-bond acceptors (Lipinski definition) is 2. The first-order chi connectivity index (χ1) is 17.2. The molecule has 5 aromatic rings. The highest BCUT2D eigenvalue weighted by atomic mass is 35.5. The van der Waals surface area contributed by atoms with Gasteiger partial charge in [-0.1, -0.05) is 115 Å². The van der Waals surface area contributed by atoms with E-state index in [1.54, 1.807) is 11.8 Å². The normalized spacial score (nSPS) is 10.7. The lowest BCUT2D eigenvalue weighted by Gasteiger charge is -2.25. The van der Waals surface area contributed by atoms with Crippen LogP contribution in [-0.2, 0) is 0 Å². The predicted molar refractivity (Wildman–Crippen MR) is 150 cm³/mol. The van der Waals surface area contributed by atoms with Crippen molar-refractivity contribution in [3.63, 3.8) is 0 Å². The standard InChI is InChI=1S/C32H22ClNS/c1-35-32-27(21-34)28(25-17-19-26(33)20-18-25)29(22-11-5-2-6-12-22)30(23-13-7-3-8-14-23)31(32)24-15-9-4-10-16-24/h2-20H,1H3. The molecule has 5 rings (SSSR count). The van der Waals surface area contributed by atoms with Crippen LogP contribution in [-0.4, -0.2) is 6.26 Å². The van der Waals surface area contributed by atoms with Gasteiger partial charge in [-0.3, -0.25) is 0 Å². The van der Waals surface area contributed by atoms with Crippen molar-refractivity contribution < 1.29 is 0 Å². The third kappa shape index (κ3) is 4.37. The Morgan fingerprint density at radius 3 is 1.37 bits per heavy atom. The molecular weight excluding hydrogens is 466 g/mol. The van der Waals surface area contributed by atoms with Gasteiger partial charge >= 0.3 is 0 Å². The maximum atomic E-state index is 10.6. The summed E-state index contributed by atoms with van der Waals surface area (Å²) in [7, 11) is 0. The van der Waals surface area contributed by atoms with Gasteiger partial charge in [0.2, 0.25) is 0 Å². The van der Waals surface area contributed by atoms with E-state index in [9.17, 15) is 5.26 Å². The molecule has 0 fully saturated rings. The van der Waals surface area contributed by atoms with Gasteiger partial charge in [-0.25, -0.2) is 0 Å². The van der Waals surface area contributed by atoms with E-state index in [0.29, 0.717) is 10.6 Å². The van der Waals surface area contributed by atoms with E-state index in [4.69, 9.17) is 11.6 Å². The lowest BCUT2D eigenvalue weighted by atomic mass is 9.80. The van der Waals surface area contributed by atoms with Crippen LogP contribution in [0.5, 0.6) is 0 Å². The maximum Gasteiger partial charge on any atom is 0.101 e. The monoisotopic (exact) mass is 487 g/mol. The van der Waals surface area contributed by atoms with Crippen molar-refractivity contribution in [2.45, 2.75) is 4.90 Å². The van der Waals surface area contributed by atoms with Crippen LogP contribution in [0.1, 0.15) is 5.56 Å². The lowest BCUT2D eigenvalue weighted by molar-refractivity contribution is 1.36. The van der Waals surface area contributed by atoms with Gasteiger partial charge < -0.3 is 0 Å². The molecule has 0 aliphatic rings. The van der Waals surface area contributed by atoms with E-state index in [1.807, 2.05) is 60.9 Å². The SMILES string of the molecule is CSc1c(C#N)c(-c2ccc(Cl)cc2)c(-c2ccccc2)c(-c2ccccc2)c1-c1ccccc1. The molecule has 0 N–H and O–H groups in total. The number of nitriles is 1. The van der Waals surface area contributed by atoms with E-state index < -0.39 is 0 Å². The number of benzene rings is 5. The summed E-state index contributed by atoms with van der Waals surface area (Å²) in [5.41, 5.74) is 9.10. The second-order valence-corrected chi connectivity index (χ2v) is 9.38. The minimum atomic E-state index is 0.669. The summed E-state index contributed by atoms with van der Waals surface area (Å²) in [6.07, 6.45) is 2.05. The fourth-order valence-corrected chi connectivity index (χ4v) is 5.51. The Kier molecular flexibility index (Phi) is 6.73. The van der Waals surface area contributed by atoms with Gasteiger partial charge in [0.05, 0.1) is 5.56 Å². The summed E-state index contributed by atoms with van der Waals surface area (Å²) in [5.74, 6) is 0. The number of rotatable bonds is 5. The number of thioether (sulfide) groups is 1. The summed E-state index contributed by atoms with van der Waals surface area (Å²) in [6.45, 7) is 0. The van der Waals surface area contributed by atoms with Crippen LogP contribution in [0, 0.1) is 11.3 Å². The fraction of sp³-hybridized carbons (Fsp3) is 0.0312. The number of halogens is 1. The van der Waals surface area contributed by atoms with Crippen LogP contribution in [0.2, 0.25) is 5.02 Å². The Bertz CT molecular complexity index is 1500. The van der Waals surface area contributed by atoms with E-state index >= 15 is 0 Å². The molecule has 0 saturated heterocycles. The second-order valence-electron chi connectivity index (χ2n) is 8.13. The zero-order valence-electron chi connectivity index (χ0n) is 19.2. The molecule has 5 aromatic carbocycles. The topological polar surface area (TPSA) is 23.8 Å². The highest BCUT2D eigenvalue weighted by Crippen LogP contribution is 2.51. The molecule has 0 amide bonds. The van der Waals surface area contributed by atoms with Gasteiger partial charge in [0.1, 0.15) is 6.07 Å². The Labute approximate surface area is 215 Å². The minimum Gasteiger partial charge on any atom is -0.192 e. The van der Waals surface area contributed by atoms with Crippen molar-refractivity contribution in [2.75, 3.05) is 6.26 Å². The second kappa shape index (κ2) is 10.2. The number of nitrogens with zero attached hydrogens (tertiary/aromatic N) is 1. The van der Waals surface area contributed by atoms with Crippen LogP contribution in [0.4, 0.5) is 0 Å². The maximum absolute atomic E-state index is 10.6. The van der Waals surface area contributed by atoms with Gasteiger partial charge in [0, 0.05) is 21.0 Å². The van der Waals surface area contributed by atoms with Gasteiger partial charge in [-0.2, -0.15) is 5.26 Å². The smallest absolute Gasteiger partial charge is 0.101 e. The van der Waals surface area contributed by atoms with Crippen molar-refractivity contribution in [1.82, 2.24) is 0 Å². The molecule has 0 spiro atoms. The van der Waals surface area contributed by atoms with Gasteiger partial charge in [-0.15, -0.1) is 11.8 Å². The molecular formula is C32H22ClNS. The van der Waals surface area contributed by atoms with Crippen molar-refractivity contribution >= 4 is 23.4 Å². The first-order valence-electron chi connectivity index (χ1n) is 11.3. The zero-order valence-corrected chi connectivity index (χ0v) is 20.8. The molecule has 0 aromatic heterocycles. The number of hydrogen-bond donors (Lipinski definition) is 0. The summed E-state index contributed by atoms with van der Waals surface area (Å²) < 4.78 is 0. The van der Waals surface area contributed by atoms with E-state index in [-0.39, 0.29) is 0 Å². The average Bonchev–Trinajstić information content (AvgIpc) is 2.93. The third-order valence-corrected chi connectivity index (χ3v) is 7.16. The van der Waals surface area contributed by atoms with E-state index in [2.05, 4.69) is 66.7 Å². The quantitative estimate of drug-likeness (QED) is 0.230. The molecule has 0 aliphatic heterocycles. The summed E-state index contributed by atoms with van der Waals surface area (Å²) in [4.78, 5) is 0.974. The lowest BCUT2D eigenvalue weighted by Crippen LogP contribution is -2.01. The van der Waals surface area contributed by atoms with Gasteiger partial charge in [0.15, 0.2) is 0 Å². The van der Waals surface area contributed by atoms with Crippen molar-refractivity contribution in [1.29, 1.82) is 5.26 Å². The molecule has 0 radical (unpaired) electrons. The average molecular weight is 488 g/mol. The van der Waals surface area contributed by atoms with Crippen molar-refractivity contribution in [3.8, 4) is 50.6 Å².